The molecule has 35 heavy (non-hydrogen) atoms. The van der Waals surface area contributed by atoms with Crippen LogP contribution in [0.1, 0.15) is 25.6 Å². The average Bonchev–Trinajstić information content (AvgIpc) is 3.49. The van der Waals surface area contributed by atoms with Gasteiger partial charge in [-0.3, -0.25) is 9.20 Å². The van der Waals surface area contributed by atoms with Gasteiger partial charge in [-0.15, -0.1) is 11.8 Å². The van der Waals surface area contributed by atoms with Crippen molar-refractivity contribution >= 4 is 40.5 Å². The standard InChI is InChI=1S/C26H25N7OS/c1-3-7-21(34)33-16-6-13-26(33,35-2)25-31-22(23-24(27)29-15-17-32(23)25)18-9-11-19(12-10-18)30-20-8-4-5-14-28-20/h4-5,8-12,14-15,17H,6,13,16H2,1-2H3,(H2,27,29)(H,28,30)/t26-/m1/s1. The van der Waals surface area contributed by atoms with E-state index >= 15 is 0 Å². The lowest BCUT2D eigenvalue weighted by Crippen LogP contribution is -2.43. The van der Waals surface area contributed by atoms with Gasteiger partial charge in [0.05, 0.1) is 0 Å². The van der Waals surface area contributed by atoms with Gasteiger partial charge in [0.25, 0.3) is 5.91 Å². The molecule has 1 fully saturated rings. The highest BCUT2D eigenvalue weighted by atomic mass is 32.2. The highest BCUT2D eigenvalue weighted by Crippen LogP contribution is 2.47. The van der Waals surface area contributed by atoms with E-state index in [-0.39, 0.29) is 5.91 Å². The van der Waals surface area contributed by atoms with Crippen molar-refractivity contribution in [3.8, 4) is 23.1 Å². The van der Waals surface area contributed by atoms with Crippen molar-refractivity contribution in [2.75, 3.05) is 23.9 Å². The molecule has 0 saturated carbocycles. The van der Waals surface area contributed by atoms with Gasteiger partial charge in [-0.05, 0) is 56.2 Å². The Kier molecular flexibility index (Phi) is 6.05. The molecule has 1 aliphatic heterocycles. The molecule has 1 atom stereocenters. The Morgan fingerprint density at radius 3 is 2.71 bits per heavy atom. The third kappa shape index (κ3) is 3.96. The van der Waals surface area contributed by atoms with Gasteiger partial charge in [0, 0.05) is 36.4 Å². The zero-order valence-electron chi connectivity index (χ0n) is 19.5. The number of benzene rings is 1. The molecule has 8 nitrogen and oxygen atoms in total. The van der Waals surface area contributed by atoms with Crippen LogP contribution in [0.25, 0.3) is 16.8 Å². The number of nitrogens with two attached hydrogens (primary N) is 1. The molecule has 4 heterocycles. The number of pyridine rings is 1. The van der Waals surface area contributed by atoms with Gasteiger partial charge in [0.15, 0.2) is 5.82 Å². The molecule has 176 valence electrons. The average molecular weight is 484 g/mol. The van der Waals surface area contributed by atoms with E-state index < -0.39 is 4.87 Å². The summed E-state index contributed by atoms with van der Waals surface area (Å²) in [5, 5.41) is 3.29. The minimum absolute atomic E-state index is 0.190. The second-order valence-electron chi connectivity index (χ2n) is 8.16. The van der Waals surface area contributed by atoms with Gasteiger partial charge in [-0.25, -0.2) is 15.0 Å². The number of hydrogen-bond acceptors (Lipinski definition) is 7. The van der Waals surface area contributed by atoms with Crippen LogP contribution in [0.4, 0.5) is 17.3 Å². The Morgan fingerprint density at radius 1 is 1.17 bits per heavy atom. The smallest absolute Gasteiger partial charge is 0.299 e. The minimum Gasteiger partial charge on any atom is -0.382 e. The van der Waals surface area contributed by atoms with Gasteiger partial charge in [-0.1, -0.05) is 24.1 Å². The lowest BCUT2D eigenvalue weighted by molar-refractivity contribution is -0.127. The van der Waals surface area contributed by atoms with E-state index in [0.29, 0.717) is 12.4 Å². The fraction of sp³-hybridized carbons (Fsp3) is 0.231. The molecule has 0 aliphatic carbocycles. The van der Waals surface area contributed by atoms with Crippen LogP contribution in [0.2, 0.25) is 0 Å². The summed E-state index contributed by atoms with van der Waals surface area (Å²) in [6.45, 7) is 2.31. The van der Waals surface area contributed by atoms with Gasteiger partial charge >= 0.3 is 0 Å². The first kappa shape index (κ1) is 22.7. The molecule has 1 saturated heterocycles. The second-order valence-corrected chi connectivity index (χ2v) is 9.24. The Balaban J connectivity index is 1.61. The van der Waals surface area contributed by atoms with E-state index in [9.17, 15) is 4.79 Å². The lowest BCUT2D eigenvalue weighted by Gasteiger charge is -2.34. The normalized spacial score (nSPS) is 17.3. The number of likely N-dealkylation sites (tertiary alicyclic amines) is 1. The zero-order valence-corrected chi connectivity index (χ0v) is 20.3. The van der Waals surface area contributed by atoms with Crippen LogP contribution in [0, 0.1) is 11.8 Å². The number of fused-ring (bicyclic) bond motifs is 1. The Morgan fingerprint density at radius 2 is 2.00 bits per heavy atom. The Labute approximate surface area is 208 Å². The quantitative estimate of drug-likeness (QED) is 0.409. The first-order chi connectivity index (χ1) is 17.1. The van der Waals surface area contributed by atoms with Crippen LogP contribution >= 0.6 is 11.8 Å². The number of hydrogen-bond donors (Lipinski definition) is 2. The highest BCUT2D eigenvalue weighted by Gasteiger charge is 2.48. The lowest BCUT2D eigenvalue weighted by atomic mass is 10.1. The first-order valence-corrected chi connectivity index (χ1v) is 12.5. The first-order valence-electron chi connectivity index (χ1n) is 11.3. The molecule has 3 N–H and O–H groups in total. The van der Waals surface area contributed by atoms with E-state index in [0.717, 1.165) is 46.9 Å². The number of imidazole rings is 1. The van der Waals surface area contributed by atoms with Crippen LogP contribution in [0.3, 0.4) is 0 Å². The number of nitrogen functional groups attached to an aromatic ring is 1. The van der Waals surface area contributed by atoms with Gasteiger partial charge in [0.1, 0.15) is 27.7 Å². The maximum atomic E-state index is 12.9. The molecule has 0 radical (unpaired) electrons. The molecule has 3 aromatic heterocycles. The van der Waals surface area contributed by atoms with E-state index in [1.807, 2.05) is 64.2 Å². The van der Waals surface area contributed by atoms with E-state index in [2.05, 4.69) is 27.1 Å². The molecule has 5 rings (SSSR count). The largest absolute Gasteiger partial charge is 0.382 e. The molecule has 0 bridgehead atoms. The van der Waals surface area contributed by atoms with Crippen LogP contribution in [-0.4, -0.2) is 43.0 Å². The molecule has 1 amide bonds. The van der Waals surface area contributed by atoms with Crippen LogP contribution < -0.4 is 11.1 Å². The zero-order chi connectivity index (χ0) is 24.4. The van der Waals surface area contributed by atoms with Crippen molar-refractivity contribution in [1.82, 2.24) is 24.3 Å². The van der Waals surface area contributed by atoms with Crippen molar-refractivity contribution in [3.63, 3.8) is 0 Å². The fourth-order valence-electron chi connectivity index (χ4n) is 4.61. The van der Waals surface area contributed by atoms with Crippen molar-refractivity contribution in [2.45, 2.75) is 24.6 Å². The fourth-order valence-corrected chi connectivity index (χ4v) is 5.67. The minimum atomic E-state index is -0.642. The summed E-state index contributed by atoms with van der Waals surface area (Å²) in [5.41, 5.74) is 9.63. The number of aromatic nitrogens is 4. The number of nitrogens with one attached hydrogen (secondary N) is 1. The number of rotatable bonds is 5. The van der Waals surface area contributed by atoms with Gasteiger partial charge < -0.3 is 16.0 Å². The molecular weight excluding hydrogens is 458 g/mol. The van der Waals surface area contributed by atoms with Crippen molar-refractivity contribution in [1.29, 1.82) is 0 Å². The molecular formula is C26H25N7OS. The summed E-state index contributed by atoms with van der Waals surface area (Å²) >= 11 is 1.60. The van der Waals surface area contributed by atoms with E-state index in [1.165, 1.54) is 0 Å². The third-order valence-electron chi connectivity index (χ3n) is 6.18. The summed E-state index contributed by atoms with van der Waals surface area (Å²) in [7, 11) is 0. The van der Waals surface area contributed by atoms with E-state index in [4.69, 9.17) is 10.7 Å². The third-order valence-corrected chi connectivity index (χ3v) is 7.46. The van der Waals surface area contributed by atoms with E-state index in [1.54, 1.807) is 31.1 Å². The molecule has 1 aromatic carbocycles. The predicted molar refractivity (Wildman–Crippen MR) is 140 cm³/mol. The second kappa shape index (κ2) is 9.31. The molecule has 4 aromatic rings. The monoisotopic (exact) mass is 483 g/mol. The van der Waals surface area contributed by atoms with Crippen LogP contribution in [-0.2, 0) is 9.67 Å². The number of nitrogens with zero attached hydrogens (tertiary/aromatic N) is 5. The highest BCUT2D eigenvalue weighted by molar-refractivity contribution is 7.99. The predicted octanol–water partition coefficient (Wildman–Crippen LogP) is 4.28. The summed E-state index contributed by atoms with van der Waals surface area (Å²) in [5.74, 6) is 7.17. The van der Waals surface area contributed by atoms with Crippen molar-refractivity contribution in [3.05, 3.63) is 66.9 Å². The summed E-state index contributed by atoms with van der Waals surface area (Å²) < 4.78 is 1.97. The molecule has 0 spiro atoms. The van der Waals surface area contributed by atoms with Crippen molar-refractivity contribution < 1.29 is 4.79 Å². The Hall–Kier alpha value is -4.03. The van der Waals surface area contributed by atoms with Crippen LogP contribution in [0.15, 0.2) is 61.1 Å². The maximum absolute atomic E-state index is 12.9. The SMILES string of the molecule is CC#CC(=O)N1CCC[C@@]1(SC)c1nc(-c2ccc(Nc3ccccn3)cc2)c2c(N)nccn12. The number of anilines is 3. The molecule has 1 aliphatic rings. The maximum Gasteiger partial charge on any atom is 0.299 e. The summed E-state index contributed by atoms with van der Waals surface area (Å²) in [6, 6.07) is 13.7. The number of carbonyl (C=O) groups is 1. The summed E-state index contributed by atoms with van der Waals surface area (Å²) in [4.78, 5) is 27.8. The number of amides is 1. The van der Waals surface area contributed by atoms with Crippen molar-refractivity contribution in [2.24, 2.45) is 0 Å². The Bertz CT molecular complexity index is 1440. The molecule has 9 heteroatoms. The molecule has 0 unspecified atom stereocenters. The van der Waals surface area contributed by atoms with Gasteiger partial charge in [-0.2, -0.15) is 0 Å². The topological polar surface area (TPSA) is 101 Å². The van der Waals surface area contributed by atoms with Crippen LogP contribution in [0.5, 0.6) is 0 Å². The van der Waals surface area contributed by atoms with Gasteiger partial charge in [0.2, 0.25) is 0 Å². The number of thioether (sulfide) groups is 1. The number of carbonyl (C=O) groups excluding carboxylic acids is 1. The summed E-state index contributed by atoms with van der Waals surface area (Å²) in [6.07, 6.45) is 8.93.